The van der Waals surface area contributed by atoms with Crippen LogP contribution >= 0.6 is 0 Å². The second-order valence-electron chi connectivity index (χ2n) is 3.64. The smallest absolute Gasteiger partial charge is 0.314 e. The quantitative estimate of drug-likeness (QED) is 0.665. The average Bonchev–Trinajstić information content (AvgIpc) is 2.20. The maximum Gasteiger partial charge on any atom is 0.314 e. The zero-order chi connectivity index (χ0) is 10.2. The van der Waals surface area contributed by atoms with Gasteiger partial charge in [0.2, 0.25) is 0 Å². The molecule has 2 N–H and O–H groups in total. The van der Waals surface area contributed by atoms with Crippen LogP contribution in [0.25, 0.3) is 0 Å². The summed E-state index contributed by atoms with van der Waals surface area (Å²) in [6.07, 6.45) is 8.41. The summed E-state index contributed by atoms with van der Waals surface area (Å²) < 4.78 is 0. The van der Waals surface area contributed by atoms with E-state index >= 15 is 0 Å². The molecular formula is C11H20N2O. The summed E-state index contributed by atoms with van der Waals surface area (Å²) >= 11 is 0. The Bertz CT molecular complexity index is 211. The number of carbonyl (C=O) groups excluding carboxylic acids is 1. The van der Waals surface area contributed by atoms with E-state index in [9.17, 15) is 4.79 Å². The number of rotatable bonds is 4. The minimum absolute atomic E-state index is 0.0519. The Labute approximate surface area is 86.0 Å². The van der Waals surface area contributed by atoms with Gasteiger partial charge in [-0.25, -0.2) is 4.79 Å². The Morgan fingerprint density at radius 3 is 2.93 bits per heavy atom. The van der Waals surface area contributed by atoms with E-state index in [-0.39, 0.29) is 6.03 Å². The van der Waals surface area contributed by atoms with Crippen molar-refractivity contribution < 1.29 is 4.79 Å². The van der Waals surface area contributed by atoms with Crippen molar-refractivity contribution in [2.45, 2.75) is 39.0 Å². The predicted molar refractivity (Wildman–Crippen MR) is 58.2 cm³/mol. The second-order valence-corrected chi connectivity index (χ2v) is 3.64. The Hall–Kier alpha value is -0.990. The summed E-state index contributed by atoms with van der Waals surface area (Å²) in [5.41, 5.74) is 1.51. The highest BCUT2D eigenvalue weighted by Crippen LogP contribution is 2.19. The first-order valence-electron chi connectivity index (χ1n) is 5.52. The molecule has 14 heavy (non-hydrogen) atoms. The van der Waals surface area contributed by atoms with Gasteiger partial charge in [0.1, 0.15) is 0 Å². The van der Waals surface area contributed by atoms with Gasteiger partial charge >= 0.3 is 6.03 Å². The first-order valence-corrected chi connectivity index (χ1v) is 5.52. The number of nitrogens with one attached hydrogen (secondary N) is 2. The Morgan fingerprint density at radius 1 is 1.43 bits per heavy atom. The van der Waals surface area contributed by atoms with Crippen LogP contribution in [0.3, 0.4) is 0 Å². The molecule has 0 fully saturated rings. The van der Waals surface area contributed by atoms with Crippen LogP contribution in [-0.4, -0.2) is 19.1 Å². The molecule has 0 aromatic carbocycles. The molecule has 3 nitrogen and oxygen atoms in total. The van der Waals surface area contributed by atoms with Crippen molar-refractivity contribution in [1.82, 2.24) is 10.6 Å². The minimum Gasteiger partial charge on any atom is -0.338 e. The summed E-state index contributed by atoms with van der Waals surface area (Å²) in [5.74, 6) is 0. The van der Waals surface area contributed by atoms with Gasteiger partial charge in [0.25, 0.3) is 0 Å². The third-order valence-electron chi connectivity index (χ3n) is 2.45. The molecule has 0 radical (unpaired) electrons. The topological polar surface area (TPSA) is 41.1 Å². The van der Waals surface area contributed by atoms with E-state index in [1.54, 1.807) is 0 Å². The fourth-order valence-electron chi connectivity index (χ4n) is 1.69. The molecule has 0 heterocycles. The van der Waals surface area contributed by atoms with E-state index in [1.165, 1.54) is 31.3 Å². The molecule has 0 spiro atoms. The van der Waals surface area contributed by atoms with Gasteiger partial charge in [-0.05, 0) is 39.0 Å². The molecule has 0 saturated carbocycles. The zero-order valence-electron chi connectivity index (χ0n) is 8.94. The van der Waals surface area contributed by atoms with E-state index < -0.39 is 0 Å². The van der Waals surface area contributed by atoms with Gasteiger partial charge in [-0.2, -0.15) is 0 Å². The van der Waals surface area contributed by atoms with Gasteiger partial charge in [0, 0.05) is 13.1 Å². The van der Waals surface area contributed by atoms with Crippen LogP contribution in [0.15, 0.2) is 11.6 Å². The van der Waals surface area contributed by atoms with E-state index in [1.807, 2.05) is 6.92 Å². The van der Waals surface area contributed by atoms with Gasteiger partial charge in [-0.15, -0.1) is 0 Å². The zero-order valence-corrected chi connectivity index (χ0v) is 8.94. The van der Waals surface area contributed by atoms with Crippen molar-refractivity contribution >= 4 is 6.03 Å². The van der Waals surface area contributed by atoms with E-state index in [0.29, 0.717) is 6.54 Å². The van der Waals surface area contributed by atoms with Crippen molar-refractivity contribution in [2.24, 2.45) is 0 Å². The molecule has 1 aliphatic rings. The number of carbonyl (C=O) groups is 1. The number of hydrogen-bond donors (Lipinski definition) is 2. The van der Waals surface area contributed by atoms with Crippen LogP contribution in [-0.2, 0) is 0 Å². The van der Waals surface area contributed by atoms with E-state index in [4.69, 9.17) is 0 Å². The fourth-order valence-corrected chi connectivity index (χ4v) is 1.69. The van der Waals surface area contributed by atoms with Crippen LogP contribution in [0.2, 0.25) is 0 Å². The van der Waals surface area contributed by atoms with E-state index in [0.717, 1.165) is 13.0 Å². The lowest BCUT2D eigenvalue weighted by atomic mass is 9.97. The number of hydrogen-bond acceptors (Lipinski definition) is 1. The van der Waals surface area contributed by atoms with Crippen molar-refractivity contribution in [3.05, 3.63) is 11.6 Å². The average molecular weight is 196 g/mol. The monoisotopic (exact) mass is 196 g/mol. The molecule has 0 unspecified atom stereocenters. The molecule has 0 saturated heterocycles. The molecule has 2 amide bonds. The minimum atomic E-state index is -0.0519. The second kappa shape index (κ2) is 6.46. The first-order chi connectivity index (χ1) is 6.83. The van der Waals surface area contributed by atoms with Gasteiger partial charge < -0.3 is 10.6 Å². The Balaban J connectivity index is 2.08. The highest BCUT2D eigenvalue weighted by molar-refractivity contribution is 5.73. The van der Waals surface area contributed by atoms with Crippen molar-refractivity contribution in [3.8, 4) is 0 Å². The standard InChI is InChI=1S/C11H20N2O/c1-2-12-11(14)13-9-8-10-6-4-3-5-7-10/h6H,2-5,7-9H2,1H3,(H2,12,13,14). The molecule has 1 aliphatic carbocycles. The van der Waals surface area contributed by atoms with Crippen LogP contribution < -0.4 is 10.6 Å². The highest BCUT2D eigenvalue weighted by Gasteiger charge is 2.03. The van der Waals surface area contributed by atoms with Crippen molar-refractivity contribution in [1.29, 1.82) is 0 Å². The van der Waals surface area contributed by atoms with Crippen molar-refractivity contribution in [3.63, 3.8) is 0 Å². The molecular weight excluding hydrogens is 176 g/mol. The predicted octanol–water partition coefficient (Wildman–Crippen LogP) is 2.20. The number of urea groups is 1. The summed E-state index contributed by atoms with van der Waals surface area (Å²) in [5, 5.41) is 5.55. The molecule has 0 atom stereocenters. The third-order valence-corrected chi connectivity index (χ3v) is 2.45. The van der Waals surface area contributed by atoms with Crippen LogP contribution in [0.5, 0.6) is 0 Å². The SMILES string of the molecule is CCNC(=O)NCCC1=CCCCC1. The Kier molecular flexibility index (Phi) is 5.12. The Morgan fingerprint density at radius 2 is 2.29 bits per heavy atom. The van der Waals surface area contributed by atoms with Crippen LogP contribution in [0.4, 0.5) is 4.79 Å². The summed E-state index contributed by atoms with van der Waals surface area (Å²) in [7, 11) is 0. The molecule has 1 rings (SSSR count). The summed E-state index contributed by atoms with van der Waals surface area (Å²) in [6, 6.07) is -0.0519. The van der Waals surface area contributed by atoms with Gasteiger partial charge in [0.15, 0.2) is 0 Å². The van der Waals surface area contributed by atoms with Gasteiger partial charge in [0.05, 0.1) is 0 Å². The van der Waals surface area contributed by atoms with Crippen molar-refractivity contribution in [2.75, 3.05) is 13.1 Å². The lowest BCUT2D eigenvalue weighted by molar-refractivity contribution is 0.241. The van der Waals surface area contributed by atoms with E-state index in [2.05, 4.69) is 16.7 Å². The largest absolute Gasteiger partial charge is 0.338 e. The van der Waals surface area contributed by atoms with Crippen LogP contribution in [0, 0.1) is 0 Å². The van der Waals surface area contributed by atoms with Crippen LogP contribution in [0.1, 0.15) is 39.0 Å². The first kappa shape index (κ1) is 11.1. The molecule has 0 aliphatic heterocycles. The lowest BCUT2D eigenvalue weighted by Gasteiger charge is -2.12. The molecule has 80 valence electrons. The molecule has 0 aromatic heterocycles. The van der Waals surface area contributed by atoms with Gasteiger partial charge in [-0.3, -0.25) is 0 Å². The molecule has 0 bridgehead atoms. The number of amides is 2. The molecule has 3 heteroatoms. The number of allylic oxidation sites excluding steroid dienone is 1. The summed E-state index contributed by atoms with van der Waals surface area (Å²) in [4.78, 5) is 11.0. The maximum atomic E-state index is 11.0. The normalized spacial score (nSPS) is 15.9. The maximum absolute atomic E-state index is 11.0. The third kappa shape index (κ3) is 4.30. The fraction of sp³-hybridized carbons (Fsp3) is 0.727. The highest BCUT2D eigenvalue weighted by atomic mass is 16.2. The lowest BCUT2D eigenvalue weighted by Crippen LogP contribution is -2.35. The molecule has 0 aromatic rings. The summed E-state index contributed by atoms with van der Waals surface area (Å²) in [6.45, 7) is 3.37. The van der Waals surface area contributed by atoms with Gasteiger partial charge in [-0.1, -0.05) is 11.6 Å².